The summed E-state index contributed by atoms with van der Waals surface area (Å²) in [5.41, 5.74) is 0. The van der Waals surface area contributed by atoms with Crippen LogP contribution in [0.5, 0.6) is 0 Å². The molecule has 0 aliphatic carbocycles. The van der Waals surface area contributed by atoms with Gasteiger partial charge in [0.25, 0.3) is 0 Å². The molecule has 0 spiro atoms. The van der Waals surface area contributed by atoms with Gasteiger partial charge >= 0.3 is 41.4 Å². The number of hydrogen-bond acceptors (Lipinski definition) is 2. The molecule has 0 unspecified atom stereocenters. The van der Waals surface area contributed by atoms with Gasteiger partial charge in [-0.1, -0.05) is 0 Å². The molecule has 0 heterocycles. The predicted octanol–water partition coefficient (Wildman–Crippen LogP) is 1.15. The van der Waals surface area contributed by atoms with Gasteiger partial charge < -0.3 is 0 Å². The van der Waals surface area contributed by atoms with Crippen molar-refractivity contribution in [3.63, 3.8) is 0 Å². The van der Waals surface area contributed by atoms with E-state index in [9.17, 15) is 0 Å². The van der Waals surface area contributed by atoms with Crippen LogP contribution < -0.4 is 5.14 Å². The van der Waals surface area contributed by atoms with Gasteiger partial charge in [-0.15, -0.1) is 0 Å². The third kappa shape index (κ3) is 9.80. The Kier molecular flexibility index (Phi) is 3.68. The number of nitrogens with two attached hydrogens (primary N) is 1. The summed E-state index contributed by atoms with van der Waals surface area (Å²) in [6, 6.07) is 0. The quantitative estimate of drug-likeness (QED) is 0.359. The topological polar surface area (TPSA) is 26.0 Å². The molecule has 1 nitrogen and oxygen atoms in total. The monoisotopic (exact) mass is 206 g/mol. The van der Waals surface area contributed by atoms with Crippen molar-refractivity contribution in [2.45, 2.75) is 0 Å². The van der Waals surface area contributed by atoms with E-state index >= 15 is 0 Å². The zero-order valence-electron chi connectivity index (χ0n) is 1.81. The zero-order valence-corrected chi connectivity index (χ0v) is 5.68. The third-order valence-electron chi connectivity index (χ3n) is 0. The van der Waals surface area contributed by atoms with Crippen LogP contribution in [0.1, 0.15) is 0 Å². The van der Waals surface area contributed by atoms with E-state index in [1.54, 1.807) is 0 Å². The minimum absolute atomic E-state index is 0.197. The van der Waals surface area contributed by atoms with Gasteiger partial charge in [0.05, 0.1) is 0 Å². The van der Waals surface area contributed by atoms with E-state index in [0.717, 1.165) is 0 Å². The molecule has 0 aromatic carbocycles. The summed E-state index contributed by atoms with van der Waals surface area (Å²) in [5, 5.41) is 4.99. The Morgan fingerprint density at radius 2 is 2.00 bits per heavy atom. The van der Waals surface area contributed by atoms with Gasteiger partial charge in [0.15, 0.2) is 0 Å². The van der Waals surface area contributed by atoms with Crippen LogP contribution in [0.3, 0.4) is 0 Å². The van der Waals surface area contributed by atoms with Crippen LogP contribution in [0.2, 0.25) is 0 Å². The molecule has 4 heavy (non-hydrogen) atoms. The normalized spacial score (nSPS) is 8.50. The first-order valence-corrected chi connectivity index (χ1v) is 5.46. The van der Waals surface area contributed by atoms with E-state index in [1.807, 2.05) is 21.2 Å². The van der Waals surface area contributed by atoms with Crippen molar-refractivity contribution in [3.8, 4) is 0 Å². The summed E-state index contributed by atoms with van der Waals surface area (Å²) in [7, 11) is 3.56. The van der Waals surface area contributed by atoms with E-state index in [-0.39, 0.29) is 7.23 Å². The molecular formula is H2INPS-. The Morgan fingerprint density at radius 3 is 2.00 bits per heavy atom. The van der Waals surface area contributed by atoms with Crippen LogP contribution in [-0.2, 0) is 7.23 Å². The molecule has 0 fully saturated rings. The Bertz CT molecular complexity index is 54.2. The molecule has 0 aromatic rings. The number of hydrogen-bond donors (Lipinski definition) is 1. The van der Waals surface area contributed by atoms with Crippen molar-refractivity contribution < 1.29 is 0 Å². The molecule has 0 saturated carbocycles. The number of rotatable bonds is 0. The molecule has 0 aliphatic rings. The summed E-state index contributed by atoms with van der Waals surface area (Å²) in [6.07, 6.45) is 0. The van der Waals surface area contributed by atoms with Gasteiger partial charge in [-0.05, 0) is 0 Å². The maximum atomic E-state index is 4.99. The molecule has 0 rings (SSSR count). The first-order chi connectivity index (χ1) is 1.73. The first-order valence-electron chi connectivity index (χ1n) is 0.573. The van der Waals surface area contributed by atoms with Gasteiger partial charge in [-0.2, -0.15) is 0 Å². The van der Waals surface area contributed by atoms with Gasteiger partial charge in [-0.3, -0.25) is 0 Å². The second-order valence-electron chi connectivity index (χ2n) is 0.264. The van der Waals surface area contributed by atoms with E-state index < -0.39 is 0 Å². The van der Waals surface area contributed by atoms with Crippen molar-refractivity contribution in [3.05, 3.63) is 0 Å². The number of halogens is 1. The fraction of sp³-hybridized carbons (Fsp3) is 0. The van der Waals surface area contributed by atoms with Crippen molar-refractivity contribution >= 4 is 36.2 Å². The van der Waals surface area contributed by atoms with Crippen LogP contribution in [0.4, 0.5) is 0 Å². The molecule has 0 radical (unpaired) electrons. The Labute approximate surface area is 41.5 Å². The van der Waals surface area contributed by atoms with E-state index in [4.69, 9.17) is 5.14 Å². The van der Waals surface area contributed by atoms with E-state index in [2.05, 4.69) is 7.81 Å². The minimum atomic E-state index is -0.197. The van der Waals surface area contributed by atoms with Crippen molar-refractivity contribution in [2.24, 2.45) is 5.14 Å². The van der Waals surface area contributed by atoms with Crippen LogP contribution in [0.25, 0.3) is 0 Å². The summed E-state index contributed by atoms with van der Waals surface area (Å²) >= 11 is 2.01. The summed E-state index contributed by atoms with van der Waals surface area (Å²) in [4.78, 5) is 0. The van der Waals surface area contributed by atoms with Crippen molar-refractivity contribution in [2.75, 3.05) is 0 Å². The molecule has 4 heteroatoms. The van der Waals surface area contributed by atoms with Crippen molar-refractivity contribution in [1.82, 2.24) is 0 Å². The van der Waals surface area contributed by atoms with Crippen LogP contribution in [0.15, 0.2) is 0 Å². The molecule has 0 saturated heterocycles. The Hall–Kier alpha value is 1.47. The standard InChI is InChI=1S/H2INPS/c1-4(2)3/h2H2/q-1. The summed E-state index contributed by atoms with van der Waals surface area (Å²) in [5.74, 6) is 0. The zero-order chi connectivity index (χ0) is 3.58. The van der Waals surface area contributed by atoms with Crippen LogP contribution >= 0.6 is 29.0 Å². The predicted molar refractivity (Wildman–Crippen MR) is 32.5 cm³/mol. The van der Waals surface area contributed by atoms with Gasteiger partial charge in [0.1, 0.15) is 0 Å². The third-order valence-corrected chi connectivity index (χ3v) is 0. The average molecular weight is 206 g/mol. The van der Waals surface area contributed by atoms with Crippen molar-refractivity contribution in [1.29, 1.82) is 0 Å². The Morgan fingerprint density at radius 1 is 2.00 bits per heavy atom. The molecule has 0 atom stereocenters. The maximum absolute atomic E-state index is 4.99. The van der Waals surface area contributed by atoms with Crippen LogP contribution in [-0.4, -0.2) is 0 Å². The second-order valence-corrected chi connectivity index (χ2v) is 6.91. The molecule has 0 aliphatic heterocycles. The molecule has 0 bridgehead atoms. The van der Waals surface area contributed by atoms with Gasteiger partial charge in [0.2, 0.25) is 0 Å². The molecule has 0 aromatic heterocycles. The average Bonchev–Trinajstić information content (AvgIpc) is 0.811. The molecule has 2 N–H and O–H groups in total. The van der Waals surface area contributed by atoms with Gasteiger partial charge in [-0.25, -0.2) is 0 Å². The SMILES string of the molecule is N[S-](#P)I. The molecule has 0 amide bonds. The molecular weight excluding hydrogens is 204 g/mol. The van der Waals surface area contributed by atoms with Gasteiger partial charge in [0, 0.05) is 0 Å². The fourth-order valence-corrected chi connectivity index (χ4v) is 0. The summed E-state index contributed by atoms with van der Waals surface area (Å²) < 4.78 is 0. The van der Waals surface area contributed by atoms with E-state index in [1.165, 1.54) is 0 Å². The van der Waals surface area contributed by atoms with E-state index in [0.29, 0.717) is 0 Å². The summed E-state index contributed by atoms with van der Waals surface area (Å²) in [6.45, 7) is 0. The second kappa shape index (κ2) is 2.69. The van der Waals surface area contributed by atoms with Crippen LogP contribution in [0, 0.1) is 0 Å². The fourth-order valence-electron chi connectivity index (χ4n) is 0. The Balaban J connectivity index is 3.02. The molecule has 26 valence electrons. The first kappa shape index (κ1) is 5.47.